The Morgan fingerprint density at radius 3 is 2.81 bits per heavy atom. The first-order chi connectivity index (χ1) is 13.2. The zero-order valence-electron chi connectivity index (χ0n) is 15.5. The lowest BCUT2D eigenvalue weighted by Gasteiger charge is -2.42. The summed E-state index contributed by atoms with van der Waals surface area (Å²) in [5.74, 6) is 0.711. The van der Waals surface area contributed by atoms with E-state index in [-0.39, 0.29) is 11.4 Å². The number of fused-ring (bicyclic) bond motifs is 1. The Balaban J connectivity index is 1.63. The topological polar surface area (TPSA) is 59.9 Å². The molecule has 1 saturated heterocycles. The van der Waals surface area contributed by atoms with Gasteiger partial charge in [-0.3, -0.25) is 4.99 Å². The summed E-state index contributed by atoms with van der Waals surface area (Å²) in [6.45, 7) is 2.05. The standard InChI is InChI=1S/C22H24N2O3/c1-26-20(25)17-7-4-5-16(13-17)15-23-21-22(9-11-27-12-10-22)14-18-6-2-3-8-19(18)24-21/h2-8,13H,9-12,14-15H2,1H3,(H,23,24). The molecule has 2 aromatic carbocycles. The molecular weight excluding hydrogens is 340 g/mol. The Labute approximate surface area is 159 Å². The maximum Gasteiger partial charge on any atom is 0.337 e. The number of esters is 1. The number of aliphatic imine (C=N–C) groups is 1. The van der Waals surface area contributed by atoms with Crippen LogP contribution in [-0.2, 0) is 22.4 Å². The molecule has 2 aliphatic heterocycles. The predicted molar refractivity (Wildman–Crippen MR) is 105 cm³/mol. The largest absolute Gasteiger partial charge is 0.465 e. The third kappa shape index (κ3) is 3.60. The van der Waals surface area contributed by atoms with E-state index in [0.29, 0.717) is 12.1 Å². The fourth-order valence-electron chi connectivity index (χ4n) is 3.97. The molecule has 0 radical (unpaired) electrons. The van der Waals surface area contributed by atoms with Crippen molar-refractivity contribution in [2.24, 2.45) is 10.4 Å². The Morgan fingerprint density at radius 2 is 2.00 bits per heavy atom. The summed E-state index contributed by atoms with van der Waals surface area (Å²) >= 11 is 0. The number of methoxy groups -OCH3 is 1. The molecule has 1 N–H and O–H groups in total. The molecule has 2 heterocycles. The monoisotopic (exact) mass is 364 g/mol. The van der Waals surface area contributed by atoms with Gasteiger partial charge in [0.15, 0.2) is 0 Å². The molecule has 5 heteroatoms. The number of hydrogen-bond acceptors (Lipinski definition) is 4. The van der Waals surface area contributed by atoms with Gasteiger partial charge in [0.25, 0.3) is 0 Å². The van der Waals surface area contributed by atoms with Gasteiger partial charge in [0.1, 0.15) is 5.84 Å². The Kier molecular flexibility index (Phi) is 4.94. The van der Waals surface area contributed by atoms with Crippen LogP contribution in [0.5, 0.6) is 0 Å². The average Bonchev–Trinajstić information content (AvgIpc) is 2.72. The lowest BCUT2D eigenvalue weighted by Crippen LogP contribution is -2.45. The molecule has 0 amide bonds. The highest BCUT2D eigenvalue weighted by molar-refractivity contribution is 6.02. The van der Waals surface area contributed by atoms with Crippen molar-refractivity contribution in [3.8, 4) is 0 Å². The molecule has 4 rings (SSSR count). The van der Waals surface area contributed by atoms with E-state index >= 15 is 0 Å². The Bertz CT molecular complexity index is 869. The van der Waals surface area contributed by atoms with E-state index in [4.69, 9.17) is 14.5 Å². The number of benzene rings is 2. The van der Waals surface area contributed by atoms with E-state index in [2.05, 4.69) is 23.5 Å². The van der Waals surface area contributed by atoms with E-state index in [1.54, 1.807) is 6.07 Å². The molecule has 5 nitrogen and oxygen atoms in total. The normalized spacial score (nSPS) is 19.4. The smallest absolute Gasteiger partial charge is 0.337 e. The molecule has 1 fully saturated rings. The van der Waals surface area contributed by atoms with Crippen LogP contribution < -0.4 is 5.32 Å². The minimum Gasteiger partial charge on any atom is -0.465 e. The fraction of sp³-hybridized carbons (Fsp3) is 0.364. The van der Waals surface area contributed by atoms with Gasteiger partial charge in [-0.15, -0.1) is 0 Å². The van der Waals surface area contributed by atoms with Crippen LogP contribution in [0.3, 0.4) is 0 Å². The van der Waals surface area contributed by atoms with Gasteiger partial charge in [-0.2, -0.15) is 0 Å². The van der Waals surface area contributed by atoms with E-state index in [9.17, 15) is 4.79 Å². The first-order valence-corrected chi connectivity index (χ1v) is 9.35. The van der Waals surface area contributed by atoms with Crippen LogP contribution in [0, 0.1) is 5.41 Å². The van der Waals surface area contributed by atoms with Crippen LogP contribution in [-0.4, -0.2) is 32.1 Å². The summed E-state index contributed by atoms with van der Waals surface area (Å²) in [7, 11) is 1.40. The third-order valence-electron chi connectivity index (χ3n) is 5.52. The second kappa shape index (κ2) is 7.53. The lowest BCUT2D eigenvalue weighted by atomic mass is 9.71. The number of amidine groups is 1. The molecule has 0 unspecified atom stereocenters. The molecule has 0 aromatic heterocycles. The van der Waals surface area contributed by atoms with Gasteiger partial charge in [0.05, 0.1) is 19.2 Å². The Morgan fingerprint density at radius 1 is 1.19 bits per heavy atom. The quantitative estimate of drug-likeness (QED) is 0.841. The number of nitrogens with zero attached hydrogens (tertiary/aromatic N) is 1. The first-order valence-electron chi connectivity index (χ1n) is 9.35. The lowest BCUT2D eigenvalue weighted by molar-refractivity contribution is 0.0448. The molecule has 0 atom stereocenters. The van der Waals surface area contributed by atoms with Crippen molar-refractivity contribution in [2.45, 2.75) is 25.8 Å². The van der Waals surface area contributed by atoms with Crippen molar-refractivity contribution in [1.82, 2.24) is 0 Å². The summed E-state index contributed by atoms with van der Waals surface area (Å²) in [5.41, 5.74) is 4.03. The minimum absolute atomic E-state index is 0.00651. The zero-order chi connectivity index (χ0) is 18.7. The number of carbonyl (C=O) groups excluding carboxylic acids is 1. The molecule has 2 aliphatic rings. The molecule has 1 spiro atoms. The van der Waals surface area contributed by atoms with Crippen LogP contribution in [0.25, 0.3) is 0 Å². The molecular formula is C22H24N2O3. The van der Waals surface area contributed by atoms with Gasteiger partial charge >= 0.3 is 5.97 Å². The van der Waals surface area contributed by atoms with Crippen LogP contribution in [0.1, 0.15) is 34.3 Å². The molecule has 0 saturated carbocycles. The third-order valence-corrected chi connectivity index (χ3v) is 5.52. The van der Waals surface area contributed by atoms with Gasteiger partial charge in [-0.25, -0.2) is 4.79 Å². The van der Waals surface area contributed by atoms with Crippen LogP contribution in [0.15, 0.2) is 53.5 Å². The number of rotatable bonds is 3. The van der Waals surface area contributed by atoms with E-state index in [1.807, 2.05) is 24.3 Å². The molecule has 27 heavy (non-hydrogen) atoms. The summed E-state index contributed by atoms with van der Waals surface area (Å²) in [6, 6.07) is 15.9. The van der Waals surface area contributed by atoms with Crippen LogP contribution in [0.2, 0.25) is 0 Å². The van der Waals surface area contributed by atoms with Gasteiger partial charge in [-0.05, 0) is 48.6 Å². The van der Waals surface area contributed by atoms with Crippen LogP contribution >= 0.6 is 0 Å². The highest BCUT2D eigenvalue weighted by atomic mass is 16.5. The van der Waals surface area contributed by atoms with Gasteiger partial charge in [-0.1, -0.05) is 30.3 Å². The zero-order valence-corrected chi connectivity index (χ0v) is 15.5. The van der Waals surface area contributed by atoms with Gasteiger partial charge in [0, 0.05) is 24.3 Å². The highest BCUT2D eigenvalue weighted by Gasteiger charge is 2.41. The van der Waals surface area contributed by atoms with Crippen molar-refractivity contribution in [3.05, 3.63) is 65.2 Å². The van der Waals surface area contributed by atoms with E-state index in [0.717, 1.165) is 49.6 Å². The predicted octanol–water partition coefficient (Wildman–Crippen LogP) is 3.84. The van der Waals surface area contributed by atoms with E-state index in [1.165, 1.54) is 12.7 Å². The summed E-state index contributed by atoms with van der Waals surface area (Å²) in [4.78, 5) is 16.7. The minimum atomic E-state index is -0.324. The summed E-state index contributed by atoms with van der Waals surface area (Å²) in [5, 5.41) is 3.58. The number of hydrogen-bond donors (Lipinski definition) is 1. The SMILES string of the molecule is COC(=O)c1cccc(CN=C2Nc3ccccc3CC23CCOCC3)c1. The molecule has 140 valence electrons. The van der Waals surface area contributed by atoms with Crippen LogP contribution in [0.4, 0.5) is 5.69 Å². The second-order valence-corrected chi connectivity index (χ2v) is 7.21. The molecule has 0 aliphatic carbocycles. The number of carbonyl (C=O) groups is 1. The van der Waals surface area contributed by atoms with Crippen molar-refractivity contribution >= 4 is 17.5 Å². The fourth-order valence-corrected chi connectivity index (χ4v) is 3.97. The molecule has 2 aromatic rings. The first kappa shape index (κ1) is 17.7. The van der Waals surface area contributed by atoms with Crippen molar-refractivity contribution in [3.63, 3.8) is 0 Å². The van der Waals surface area contributed by atoms with Gasteiger partial charge in [0.2, 0.25) is 0 Å². The van der Waals surface area contributed by atoms with Crippen molar-refractivity contribution in [1.29, 1.82) is 0 Å². The average molecular weight is 364 g/mol. The Hall–Kier alpha value is -2.66. The summed E-state index contributed by atoms with van der Waals surface area (Å²) < 4.78 is 10.4. The number of nitrogens with one attached hydrogen (secondary N) is 1. The van der Waals surface area contributed by atoms with Crippen molar-refractivity contribution < 1.29 is 14.3 Å². The number of para-hydroxylation sites is 1. The van der Waals surface area contributed by atoms with Crippen molar-refractivity contribution in [2.75, 3.05) is 25.6 Å². The maximum atomic E-state index is 11.8. The number of anilines is 1. The highest BCUT2D eigenvalue weighted by Crippen LogP contribution is 2.41. The second-order valence-electron chi connectivity index (χ2n) is 7.21. The maximum absolute atomic E-state index is 11.8. The van der Waals surface area contributed by atoms with Gasteiger partial charge < -0.3 is 14.8 Å². The molecule has 0 bridgehead atoms. The summed E-state index contributed by atoms with van der Waals surface area (Å²) in [6.07, 6.45) is 2.92. The van der Waals surface area contributed by atoms with E-state index < -0.39 is 0 Å². The number of ether oxygens (including phenoxy) is 2.